The van der Waals surface area contributed by atoms with Crippen LogP contribution in [0, 0.1) is 6.92 Å². The van der Waals surface area contributed by atoms with Gasteiger partial charge >= 0.3 is 6.03 Å². The van der Waals surface area contributed by atoms with Gasteiger partial charge in [0.1, 0.15) is 6.04 Å². The van der Waals surface area contributed by atoms with Crippen molar-refractivity contribution in [3.8, 4) is 0 Å². The minimum Gasteiger partial charge on any atom is -0.359 e. The average molecular weight is 342 g/mol. The van der Waals surface area contributed by atoms with Crippen molar-refractivity contribution in [1.82, 2.24) is 15.8 Å². The molecule has 0 radical (unpaired) electrons. The third-order valence-corrected chi connectivity index (χ3v) is 4.25. The summed E-state index contributed by atoms with van der Waals surface area (Å²) in [5.74, 6) is 0.498. The van der Waals surface area contributed by atoms with Crippen molar-refractivity contribution in [2.24, 2.45) is 0 Å². The molecule has 0 bridgehead atoms. The Balaban J connectivity index is 1.51. The molecule has 3 rings (SSSR count). The first-order valence-electron chi connectivity index (χ1n) is 8.43. The lowest BCUT2D eigenvalue weighted by Crippen LogP contribution is -2.45. The molecule has 7 nitrogen and oxygen atoms in total. The molecule has 0 aliphatic carbocycles. The van der Waals surface area contributed by atoms with Gasteiger partial charge < -0.3 is 20.1 Å². The Hall–Kier alpha value is -2.83. The molecule has 7 heteroatoms. The van der Waals surface area contributed by atoms with E-state index >= 15 is 0 Å². The van der Waals surface area contributed by atoms with Gasteiger partial charge in [-0.3, -0.25) is 4.79 Å². The third kappa shape index (κ3) is 3.99. The molecule has 0 spiro atoms. The van der Waals surface area contributed by atoms with Gasteiger partial charge in [0.15, 0.2) is 5.76 Å². The number of benzene rings is 1. The lowest BCUT2D eigenvalue weighted by Gasteiger charge is -2.17. The zero-order valence-corrected chi connectivity index (χ0v) is 14.4. The smallest absolute Gasteiger partial charge is 0.315 e. The van der Waals surface area contributed by atoms with Crippen molar-refractivity contribution in [3.63, 3.8) is 0 Å². The van der Waals surface area contributed by atoms with E-state index in [1.807, 2.05) is 38.1 Å². The zero-order valence-electron chi connectivity index (χ0n) is 14.4. The van der Waals surface area contributed by atoms with Crippen LogP contribution in [0.3, 0.4) is 0 Å². The van der Waals surface area contributed by atoms with Crippen molar-refractivity contribution in [2.75, 3.05) is 11.4 Å². The second kappa shape index (κ2) is 7.38. The van der Waals surface area contributed by atoms with Crippen molar-refractivity contribution in [1.29, 1.82) is 0 Å². The van der Waals surface area contributed by atoms with Gasteiger partial charge in [0.2, 0.25) is 5.91 Å². The molecule has 3 amide bonds. The molecular formula is C18H22N4O3. The van der Waals surface area contributed by atoms with E-state index in [0.717, 1.165) is 23.4 Å². The van der Waals surface area contributed by atoms with E-state index in [-0.39, 0.29) is 12.5 Å². The predicted octanol–water partition coefficient (Wildman–Crippen LogP) is 2.15. The maximum absolute atomic E-state index is 12.5. The molecule has 1 unspecified atom stereocenters. The van der Waals surface area contributed by atoms with Gasteiger partial charge in [0, 0.05) is 18.3 Å². The van der Waals surface area contributed by atoms with Crippen LogP contribution < -0.4 is 15.5 Å². The highest BCUT2D eigenvalue weighted by molar-refractivity contribution is 6.01. The average Bonchev–Trinajstić information content (AvgIpc) is 3.21. The van der Waals surface area contributed by atoms with E-state index in [1.54, 1.807) is 11.0 Å². The van der Waals surface area contributed by atoms with E-state index in [1.165, 1.54) is 0 Å². The Bertz CT molecular complexity index is 754. The van der Waals surface area contributed by atoms with Crippen LogP contribution in [0.25, 0.3) is 0 Å². The number of hydrogen-bond donors (Lipinski definition) is 2. The summed E-state index contributed by atoms with van der Waals surface area (Å²) in [6.07, 6.45) is 1.36. The van der Waals surface area contributed by atoms with Gasteiger partial charge in [-0.1, -0.05) is 29.8 Å². The predicted molar refractivity (Wildman–Crippen MR) is 93.2 cm³/mol. The maximum atomic E-state index is 12.5. The Labute approximate surface area is 146 Å². The molecule has 2 heterocycles. The minimum atomic E-state index is -0.512. The number of aryl methyl sites for hydroxylation is 2. The summed E-state index contributed by atoms with van der Waals surface area (Å²) in [5, 5.41) is 9.29. The fraction of sp³-hybridized carbons (Fsp3) is 0.389. The third-order valence-electron chi connectivity index (χ3n) is 4.25. The van der Waals surface area contributed by atoms with Gasteiger partial charge in [-0.05, 0) is 31.9 Å². The molecule has 25 heavy (non-hydrogen) atoms. The van der Waals surface area contributed by atoms with Crippen LogP contribution in [-0.2, 0) is 17.8 Å². The lowest BCUT2D eigenvalue weighted by atomic mass is 10.2. The molecule has 1 fully saturated rings. The standard InChI is InChI=1S/C18H22N4O3/c1-3-13-10-15(25-21-13)11-19-18(24)20-16-8-9-22(17(16)23)14-6-4-12(2)5-7-14/h4-7,10,16H,3,8-9,11H2,1-2H3,(H2,19,20,24). The number of anilines is 1. The van der Waals surface area contributed by atoms with E-state index in [2.05, 4.69) is 15.8 Å². The molecule has 1 saturated heterocycles. The summed E-state index contributed by atoms with van der Waals surface area (Å²) in [7, 11) is 0. The van der Waals surface area contributed by atoms with E-state index < -0.39 is 12.1 Å². The molecular weight excluding hydrogens is 320 g/mol. The first kappa shape index (κ1) is 17.0. The molecule has 1 aromatic heterocycles. The van der Waals surface area contributed by atoms with Crippen LogP contribution in [-0.4, -0.2) is 29.7 Å². The van der Waals surface area contributed by atoms with E-state index in [0.29, 0.717) is 18.7 Å². The quantitative estimate of drug-likeness (QED) is 0.871. The van der Waals surface area contributed by atoms with Crippen LogP contribution in [0.4, 0.5) is 10.5 Å². The van der Waals surface area contributed by atoms with E-state index in [4.69, 9.17) is 4.52 Å². The fourth-order valence-corrected chi connectivity index (χ4v) is 2.78. The Morgan fingerprint density at radius 3 is 2.80 bits per heavy atom. The summed E-state index contributed by atoms with van der Waals surface area (Å²) in [6.45, 7) is 4.81. The van der Waals surface area contributed by atoms with Crippen molar-refractivity contribution in [2.45, 2.75) is 39.3 Å². The fourth-order valence-electron chi connectivity index (χ4n) is 2.78. The van der Waals surface area contributed by atoms with Crippen LogP contribution in [0.15, 0.2) is 34.9 Å². The molecule has 132 valence electrons. The van der Waals surface area contributed by atoms with Crippen molar-refractivity contribution >= 4 is 17.6 Å². The molecule has 1 aliphatic heterocycles. The number of rotatable bonds is 5. The molecule has 2 aromatic rings. The molecule has 2 N–H and O–H groups in total. The number of nitrogens with one attached hydrogen (secondary N) is 2. The number of carbonyl (C=O) groups is 2. The normalized spacial score (nSPS) is 17.0. The number of nitrogens with zero attached hydrogens (tertiary/aromatic N) is 2. The second-order valence-electron chi connectivity index (χ2n) is 6.13. The number of carbonyl (C=O) groups excluding carboxylic acids is 2. The van der Waals surface area contributed by atoms with E-state index in [9.17, 15) is 9.59 Å². The minimum absolute atomic E-state index is 0.0908. The molecule has 1 atom stereocenters. The first-order chi connectivity index (χ1) is 12.1. The molecule has 1 aromatic carbocycles. The summed E-state index contributed by atoms with van der Waals surface area (Å²) < 4.78 is 5.11. The molecule has 0 saturated carbocycles. The van der Waals surface area contributed by atoms with Crippen LogP contribution in [0.5, 0.6) is 0 Å². The monoisotopic (exact) mass is 342 g/mol. The number of amides is 3. The maximum Gasteiger partial charge on any atom is 0.315 e. The summed E-state index contributed by atoms with van der Waals surface area (Å²) >= 11 is 0. The summed E-state index contributed by atoms with van der Waals surface area (Å²) in [4.78, 5) is 26.2. The Morgan fingerprint density at radius 2 is 2.12 bits per heavy atom. The van der Waals surface area contributed by atoms with Gasteiger partial charge in [-0.25, -0.2) is 4.79 Å². The highest BCUT2D eigenvalue weighted by Crippen LogP contribution is 2.21. The van der Waals surface area contributed by atoms with Crippen LogP contribution in [0.1, 0.15) is 30.4 Å². The van der Waals surface area contributed by atoms with Crippen LogP contribution in [0.2, 0.25) is 0 Å². The second-order valence-corrected chi connectivity index (χ2v) is 6.13. The number of hydrogen-bond acceptors (Lipinski definition) is 4. The first-order valence-corrected chi connectivity index (χ1v) is 8.43. The zero-order chi connectivity index (χ0) is 17.8. The largest absolute Gasteiger partial charge is 0.359 e. The Morgan fingerprint density at radius 1 is 1.36 bits per heavy atom. The van der Waals surface area contributed by atoms with Crippen LogP contribution >= 0.6 is 0 Å². The van der Waals surface area contributed by atoms with Gasteiger partial charge in [-0.15, -0.1) is 0 Å². The number of urea groups is 1. The summed E-state index contributed by atoms with van der Waals surface area (Å²) in [6, 6.07) is 8.69. The van der Waals surface area contributed by atoms with Gasteiger partial charge in [0.05, 0.1) is 12.2 Å². The van der Waals surface area contributed by atoms with Gasteiger partial charge in [0.25, 0.3) is 0 Å². The highest BCUT2D eigenvalue weighted by atomic mass is 16.5. The SMILES string of the molecule is CCc1cc(CNC(=O)NC2CCN(c3ccc(C)cc3)C2=O)on1. The van der Waals surface area contributed by atoms with Crippen molar-refractivity contribution in [3.05, 3.63) is 47.3 Å². The lowest BCUT2D eigenvalue weighted by molar-refractivity contribution is -0.118. The van der Waals surface area contributed by atoms with Gasteiger partial charge in [-0.2, -0.15) is 0 Å². The molecule has 1 aliphatic rings. The number of aromatic nitrogens is 1. The summed E-state index contributed by atoms with van der Waals surface area (Å²) in [5.41, 5.74) is 2.84. The topological polar surface area (TPSA) is 87.5 Å². The highest BCUT2D eigenvalue weighted by Gasteiger charge is 2.33. The van der Waals surface area contributed by atoms with Crippen molar-refractivity contribution < 1.29 is 14.1 Å². The Kier molecular flexibility index (Phi) is 5.02.